The van der Waals surface area contributed by atoms with Gasteiger partial charge in [0.25, 0.3) is 5.91 Å². The van der Waals surface area contributed by atoms with Crippen molar-refractivity contribution in [1.82, 2.24) is 14.8 Å². The fourth-order valence-corrected chi connectivity index (χ4v) is 4.29. The van der Waals surface area contributed by atoms with Crippen LogP contribution in [0.1, 0.15) is 18.5 Å². The van der Waals surface area contributed by atoms with Crippen LogP contribution < -0.4 is 15.4 Å². The number of rotatable bonds is 5. The van der Waals surface area contributed by atoms with E-state index < -0.39 is 6.04 Å². The number of halogens is 1. The molecule has 1 aliphatic heterocycles. The summed E-state index contributed by atoms with van der Waals surface area (Å²) in [5.74, 6) is 1.32. The summed E-state index contributed by atoms with van der Waals surface area (Å²) in [7, 11) is 1.55. The molecule has 176 valence electrons. The summed E-state index contributed by atoms with van der Waals surface area (Å²) in [5.41, 5.74) is 3.15. The van der Waals surface area contributed by atoms with Gasteiger partial charge in [0.2, 0.25) is 5.95 Å². The molecule has 0 unspecified atom stereocenters. The number of anilines is 2. The first-order valence-corrected chi connectivity index (χ1v) is 11.3. The fraction of sp³-hybridized carbons (Fsp3) is 0.115. The highest BCUT2D eigenvalue weighted by Crippen LogP contribution is 2.38. The zero-order valence-electron chi connectivity index (χ0n) is 19.0. The number of carbonyl (C=O) groups is 1. The van der Waals surface area contributed by atoms with Crippen LogP contribution in [0.3, 0.4) is 0 Å². The Kier molecular flexibility index (Phi) is 5.88. The number of aromatic nitrogens is 3. The molecule has 2 heterocycles. The summed E-state index contributed by atoms with van der Waals surface area (Å²) >= 11 is 6.18. The van der Waals surface area contributed by atoms with Crippen molar-refractivity contribution < 1.29 is 14.6 Å². The molecule has 9 heteroatoms. The molecule has 0 saturated carbocycles. The minimum atomic E-state index is -0.595. The zero-order valence-corrected chi connectivity index (χ0v) is 19.7. The van der Waals surface area contributed by atoms with Crippen molar-refractivity contribution in [3.63, 3.8) is 0 Å². The number of para-hydroxylation sites is 2. The summed E-state index contributed by atoms with van der Waals surface area (Å²) in [6, 6.07) is 20.6. The van der Waals surface area contributed by atoms with Crippen molar-refractivity contribution in [3.05, 3.63) is 94.7 Å². The number of amides is 1. The van der Waals surface area contributed by atoms with Crippen molar-refractivity contribution in [2.24, 2.45) is 0 Å². The first-order valence-electron chi connectivity index (χ1n) is 10.9. The Morgan fingerprint density at radius 2 is 1.89 bits per heavy atom. The quantitative estimate of drug-likeness (QED) is 0.356. The average Bonchev–Trinajstić information content (AvgIpc) is 3.28. The Hall–Kier alpha value is -4.30. The Morgan fingerprint density at radius 3 is 2.63 bits per heavy atom. The molecule has 0 spiro atoms. The van der Waals surface area contributed by atoms with Crippen LogP contribution in [0.15, 0.2) is 84.1 Å². The Labute approximate surface area is 206 Å². The first-order chi connectivity index (χ1) is 16.9. The van der Waals surface area contributed by atoms with E-state index in [1.807, 2.05) is 31.2 Å². The minimum absolute atomic E-state index is 0.127. The van der Waals surface area contributed by atoms with Gasteiger partial charge in [0, 0.05) is 16.3 Å². The summed E-state index contributed by atoms with van der Waals surface area (Å²) in [4.78, 5) is 18.3. The van der Waals surface area contributed by atoms with Crippen LogP contribution in [0, 0.1) is 0 Å². The number of hydrogen-bond acceptors (Lipinski definition) is 6. The predicted molar refractivity (Wildman–Crippen MR) is 135 cm³/mol. The molecule has 1 amide bonds. The van der Waals surface area contributed by atoms with E-state index in [1.165, 1.54) is 0 Å². The molecule has 0 bridgehead atoms. The molecule has 0 fully saturated rings. The van der Waals surface area contributed by atoms with Crippen LogP contribution in [0.5, 0.6) is 11.5 Å². The summed E-state index contributed by atoms with van der Waals surface area (Å²) in [5, 5.41) is 21.3. The van der Waals surface area contributed by atoms with Gasteiger partial charge in [-0.05, 0) is 48.9 Å². The van der Waals surface area contributed by atoms with Gasteiger partial charge in [-0.1, -0.05) is 48.0 Å². The second-order valence-corrected chi connectivity index (χ2v) is 8.46. The molecule has 1 aromatic heterocycles. The lowest BCUT2D eigenvalue weighted by molar-refractivity contribution is -0.113. The van der Waals surface area contributed by atoms with Crippen LogP contribution in [-0.4, -0.2) is 32.9 Å². The van der Waals surface area contributed by atoms with Gasteiger partial charge < -0.3 is 20.5 Å². The molecular formula is C26H22ClN5O3. The van der Waals surface area contributed by atoms with Crippen molar-refractivity contribution in [1.29, 1.82) is 0 Å². The van der Waals surface area contributed by atoms with E-state index in [0.29, 0.717) is 39.5 Å². The monoisotopic (exact) mass is 487 g/mol. The third-order valence-electron chi connectivity index (χ3n) is 5.74. The van der Waals surface area contributed by atoms with Crippen LogP contribution in [0.2, 0.25) is 5.02 Å². The number of phenolic OH excluding ortho intramolecular Hbond substituents is 1. The number of methoxy groups -OCH3 is 1. The molecular weight excluding hydrogens is 466 g/mol. The number of allylic oxidation sites excluding steroid dienone is 1. The number of carbonyl (C=O) groups excluding carboxylic acids is 1. The molecule has 3 N–H and O–H groups in total. The fourth-order valence-electron chi connectivity index (χ4n) is 4.10. The number of nitrogens with zero attached hydrogens (tertiary/aromatic N) is 3. The van der Waals surface area contributed by atoms with E-state index in [2.05, 4.69) is 15.6 Å². The molecule has 0 aliphatic carbocycles. The highest BCUT2D eigenvalue weighted by Gasteiger charge is 2.34. The van der Waals surface area contributed by atoms with Gasteiger partial charge in [0.15, 0.2) is 5.82 Å². The number of fused-ring (bicyclic) bond motifs is 1. The van der Waals surface area contributed by atoms with Crippen LogP contribution in [-0.2, 0) is 4.79 Å². The molecule has 8 nitrogen and oxygen atoms in total. The van der Waals surface area contributed by atoms with Crippen molar-refractivity contribution in [2.75, 3.05) is 17.7 Å². The van der Waals surface area contributed by atoms with E-state index in [-0.39, 0.29) is 11.7 Å². The van der Waals surface area contributed by atoms with Crippen LogP contribution >= 0.6 is 11.6 Å². The molecule has 1 atom stereocenters. The molecule has 5 rings (SSSR count). The number of nitrogens with one attached hydrogen (secondary N) is 2. The second-order valence-electron chi connectivity index (χ2n) is 8.03. The maximum Gasteiger partial charge on any atom is 0.255 e. The normalized spacial score (nSPS) is 14.8. The van der Waals surface area contributed by atoms with Crippen LogP contribution in [0.4, 0.5) is 11.6 Å². The third kappa shape index (κ3) is 4.31. The zero-order chi connectivity index (χ0) is 24.5. The summed E-state index contributed by atoms with van der Waals surface area (Å²) < 4.78 is 7.06. The van der Waals surface area contributed by atoms with Crippen molar-refractivity contribution >= 4 is 29.1 Å². The van der Waals surface area contributed by atoms with Gasteiger partial charge in [-0.2, -0.15) is 4.98 Å². The van der Waals surface area contributed by atoms with E-state index in [1.54, 1.807) is 60.3 Å². The Bertz CT molecular complexity index is 1450. The smallest absolute Gasteiger partial charge is 0.255 e. The second kappa shape index (κ2) is 9.15. The highest BCUT2D eigenvalue weighted by atomic mass is 35.5. The topological polar surface area (TPSA) is 101 Å². The maximum absolute atomic E-state index is 13.6. The average molecular weight is 488 g/mol. The van der Waals surface area contributed by atoms with E-state index in [4.69, 9.17) is 21.4 Å². The van der Waals surface area contributed by atoms with Gasteiger partial charge in [-0.15, -0.1) is 5.10 Å². The largest absolute Gasteiger partial charge is 0.508 e. The van der Waals surface area contributed by atoms with Crippen molar-refractivity contribution in [2.45, 2.75) is 13.0 Å². The number of hydrogen-bond donors (Lipinski definition) is 3. The van der Waals surface area contributed by atoms with E-state index in [9.17, 15) is 9.90 Å². The Balaban J connectivity index is 1.60. The van der Waals surface area contributed by atoms with Gasteiger partial charge in [0.1, 0.15) is 17.5 Å². The lowest BCUT2D eigenvalue weighted by Crippen LogP contribution is -2.31. The molecule has 0 radical (unpaired) electrons. The van der Waals surface area contributed by atoms with Gasteiger partial charge in [-0.25, -0.2) is 4.68 Å². The predicted octanol–water partition coefficient (Wildman–Crippen LogP) is 5.24. The summed E-state index contributed by atoms with van der Waals surface area (Å²) in [6.07, 6.45) is 0. The van der Waals surface area contributed by atoms with E-state index in [0.717, 1.165) is 11.1 Å². The van der Waals surface area contributed by atoms with Crippen LogP contribution in [0.25, 0.3) is 11.4 Å². The van der Waals surface area contributed by atoms with Gasteiger partial charge in [0.05, 0.1) is 18.4 Å². The standard InChI is InChI=1S/C26H22ClN5O3/c1-15-22(25(34)29-20-8-3-4-9-21(20)35-2)23(16-10-12-19(33)13-11-16)32-26(28-15)30-24(31-32)17-6-5-7-18(27)14-17/h3-14,23,33H,1-2H3,(H,29,34)(H,28,30,31)/t23-/m1/s1. The minimum Gasteiger partial charge on any atom is -0.508 e. The molecule has 1 aliphatic rings. The molecule has 0 saturated heterocycles. The lowest BCUT2D eigenvalue weighted by Gasteiger charge is -2.28. The van der Waals surface area contributed by atoms with Gasteiger partial charge >= 0.3 is 0 Å². The third-order valence-corrected chi connectivity index (χ3v) is 5.98. The first kappa shape index (κ1) is 22.5. The van der Waals surface area contributed by atoms with Crippen molar-refractivity contribution in [3.8, 4) is 22.9 Å². The SMILES string of the molecule is COc1ccccc1NC(=O)C1=C(C)Nc2nc(-c3cccc(Cl)c3)nn2[C@@H]1c1ccc(O)cc1. The highest BCUT2D eigenvalue weighted by molar-refractivity contribution is 6.30. The number of ether oxygens (including phenoxy) is 1. The summed E-state index contributed by atoms with van der Waals surface area (Å²) in [6.45, 7) is 1.82. The lowest BCUT2D eigenvalue weighted by atomic mass is 9.95. The maximum atomic E-state index is 13.6. The number of benzene rings is 3. The molecule has 3 aromatic carbocycles. The molecule has 4 aromatic rings. The molecule has 35 heavy (non-hydrogen) atoms. The van der Waals surface area contributed by atoms with Gasteiger partial charge in [-0.3, -0.25) is 4.79 Å². The number of phenols is 1. The van der Waals surface area contributed by atoms with E-state index >= 15 is 0 Å². The Morgan fingerprint density at radius 1 is 1.11 bits per heavy atom. The number of aromatic hydroxyl groups is 1.